The van der Waals surface area contributed by atoms with Gasteiger partial charge in [0.1, 0.15) is 5.78 Å². The molecule has 0 aromatic heterocycles. The Kier molecular flexibility index (Phi) is 6.91. The minimum absolute atomic E-state index is 0.298. The molecule has 0 aromatic carbocycles. The molecule has 1 saturated heterocycles. The topological polar surface area (TPSA) is 46.2 Å². The Balaban J connectivity index is 0.000000162. The standard InChI is InChI=1S/C11H20O.C8H13NO/c1-3-10-7-5-4-6-8-11(10)9(2)12;10-8-6-4-2-1-3-5-7(6)9-8/h10-11H,3-8H2,1-2H3;6-7H,1-5H2,(H,9,10)/t10?,11-;6-,7?/m01/s1. The molecule has 2 unspecified atom stereocenters. The minimum Gasteiger partial charge on any atom is -0.352 e. The Bertz CT molecular complexity index is 380. The number of ketones is 1. The van der Waals surface area contributed by atoms with Crippen LogP contribution in [-0.2, 0) is 9.59 Å². The summed E-state index contributed by atoms with van der Waals surface area (Å²) in [6.45, 7) is 3.98. The number of fused-ring (bicyclic) bond motifs is 1. The smallest absolute Gasteiger partial charge is 0.225 e. The number of amides is 1. The van der Waals surface area contributed by atoms with Crippen LogP contribution in [0.4, 0.5) is 0 Å². The molecule has 1 N–H and O–H groups in total. The van der Waals surface area contributed by atoms with Crippen LogP contribution in [-0.4, -0.2) is 17.7 Å². The third-order valence-corrected chi connectivity index (χ3v) is 5.89. The monoisotopic (exact) mass is 307 g/mol. The number of carbonyl (C=O) groups is 2. The first kappa shape index (κ1) is 17.5. The molecule has 3 nitrogen and oxygen atoms in total. The van der Waals surface area contributed by atoms with Gasteiger partial charge in [0.15, 0.2) is 0 Å². The summed E-state index contributed by atoms with van der Waals surface area (Å²) in [7, 11) is 0. The van der Waals surface area contributed by atoms with E-state index < -0.39 is 0 Å². The van der Waals surface area contributed by atoms with Crippen LogP contribution in [0.1, 0.15) is 84.5 Å². The summed E-state index contributed by atoms with van der Waals surface area (Å²) in [5.41, 5.74) is 0. The maximum absolute atomic E-state index is 11.3. The number of nitrogens with one attached hydrogen (secondary N) is 1. The average molecular weight is 307 g/mol. The molecule has 22 heavy (non-hydrogen) atoms. The van der Waals surface area contributed by atoms with Crippen molar-refractivity contribution < 1.29 is 9.59 Å². The van der Waals surface area contributed by atoms with Crippen molar-refractivity contribution in [3.05, 3.63) is 0 Å². The van der Waals surface area contributed by atoms with Gasteiger partial charge in [-0.1, -0.05) is 51.9 Å². The molecular formula is C19H33NO2. The average Bonchev–Trinajstić information content (AvgIpc) is 2.84. The van der Waals surface area contributed by atoms with Crippen molar-refractivity contribution in [1.82, 2.24) is 5.32 Å². The fourth-order valence-corrected chi connectivity index (χ4v) is 4.40. The van der Waals surface area contributed by atoms with E-state index in [4.69, 9.17) is 0 Å². The predicted octanol–water partition coefficient (Wildman–Crippen LogP) is 4.25. The molecule has 3 rings (SSSR count). The molecule has 0 aromatic rings. The molecule has 0 radical (unpaired) electrons. The van der Waals surface area contributed by atoms with Gasteiger partial charge in [-0.25, -0.2) is 0 Å². The summed E-state index contributed by atoms with van der Waals surface area (Å²) < 4.78 is 0. The Labute approximate surface area is 135 Å². The molecule has 3 heteroatoms. The second kappa shape index (κ2) is 8.69. The fraction of sp³-hybridized carbons (Fsp3) is 0.895. The third-order valence-electron chi connectivity index (χ3n) is 5.89. The lowest BCUT2D eigenvalue weighted by Gasteiger charge is -2.35. The Hall–Kier alpha value is -0.860. The number of rotatable bonds is 2. The summed E-state index contributed by atoms with van der Waals surface area (Å²) in [5, 5.41) is 2.95. The number of carbonyl (C=O) groups excluding carboxylic acids is 2. The lowest BCUT2D eigenvalue weighted by atomic mass is 9.83. The van der Waals surface area contributed by atoms with E-state index in [9.17, 15) is 9.59 Å². The molecule has 2 aliphatic carbocycles. The molecule has 2 saturated carbocycles. The summed E-state index contributed by atoms with van der Waals surface area (Å²) in [6.07, 6.45) is 13.8. The largest absolute Gasteiger partial charge is 0.352 e. The van der Waals surface area contributed by atoms with Crippen LogP contribution in [0.5, 0.6) is 0 Å². The van der Waals surface area contributed by atoms with E-state index in [-0.39, 0.29) is 0 Å². The van der Waals surface area contributed by atoms with Crippen LogP contribution in [0.2, 0.25) is 0 Å². The van der Waals surface area contributed by atoms with Crippen molar-refractivity contribution >= 4 is 11.7 Å². The molecule has 4 atom stereocenters. The highest BCUT2D eigenvalue weighted by molar-refractivity contribution is 5.85. The van der Waals surface area contributed by atoms with Crippen LogP contribution in [0, 0.1) is 17.8 Å². The van der Waals surface area contributed by atoms with Gasteiger partial charge in [0.2, 0.25) is 5.91 Å². The quantitative estimate of drug-likeness (QED) is 0.612. The molecule has 126 valence electrons. The van der Waals surface area contributed by atoms with Crippen molar-refractivity contribution in [1.29, 1.82) is 0 Å². The van der Waals surface area contributed by atoms with Gasteiger partial charge in [-0.05, 0) is 38.5 Å². The van der Waals surface area contributed by atoms with Crippen molar-refractivity contribution in [3.63, 3.8) is 0 Å². The molecule has 3 aliphatic rings. The Morgan fingerprint density at radius 3 is 2.27 bits per heavy atom. The summed E-state index contributed by atoms with van der Waals surface area (Å²) in [5.74, 6) is 2.18. The van der Waals surface area contributed by atoms with Crippen molar-refractivity contribution in [3.8, 4) is 0 Å². The maximum Gasteiger partial charge on any atom is 0.225 e. The van der Waals surface area contributed by atoms with Gasteiger partial charge in [-0.15, -0.1) is 0 Å². The van der Waals surface area contributed by atoms with Crippen LogP contribution < -0.4 is 5.32 Å². The second-order valence-electron chi connectivity index (χ2n) is 7.38. The Morgan fingerprint density at radius 1 is 1.00 bits per heavy atom. The van der Waals surface area contributed by atoms with E-state index in [2.05, 4.69) is 12.2 Å². The van der Waals surface area contributed by atoms with E-state index in [1.165, 1.54) is 57.8 Å². The SMILES string of the molecule is CCC1CCCCC[C@H]1C(C)=O.O=C1NC2CCCCC[C@@H]12. The van der Waals surface area contributed by atoms with Crippen LogP contribution in [0.3, 0.4) is 0 Å². The van der Waals surface area contributed by atoms with Gasteiger partial charge < -0.3 is 5.32 Å². The van der Waals surface area contributed by atoms with E-state index in [1.807, 2.05) is 0 Å². The zero-order valence-corrected chi connectivity index (χ0v) is 14.4. The van der Waals surface area contributed by atoms with E-state index >= 15 is 0 Å². The Morgan fingerprint density at radius 2 is 1.64 bits per heavy atom. The van der Waals surface area contributed by atoms with Gasteiger partial charge in [0.05, 0.1) is 5.92 Å². The molecule has 0 bridgehead atoms. The minimum atomic E-state index is 0.298. The molecule has 3 fully saturated rings. The van der Waals surface area contributed by atoms with Gasteiger partial charge in [0.25, 0.3) is 0 Å². The van der Waals surface area contributed by atoms with Crippen molar-refractivity contribution in [2.45, 2.75) is 90.5 Å². The summed E-state index contributed by atoms with van der Waals surface area (Å²) in [4.78, 5) is 22.2. The second-order valence-corrected chi connectivity index (χ2v) is 7.38. The zero-order valence-electron chi connectivity index (χ0n) is 14.4. The first-order chi connectivity index (χ1) is 10.6. The van der Waals surface area contributed by atoms with Gasteiger partial charge >= 0.3 is 0 Å². The third kappa shape index (κ3) is 4.57. The van der Waals surface area contributed by atoms with Crippen LogP contribution >= 0.6 is 0 Å². The maximum atomic E-state index is 11.3. The van der Waals surface area contributed by atoms with E-state index in [0.717, 1.165) is 12.8 Å². The van der Waals surface area contributed by atoms with Gasteiger partial charge in [-0.2, -0.15) is 0 Å². The summed E-state index contributed by atoms with van der Waals surface area (Å²) in [6, 6.07) is 0.551. The summed E-state index contributed by atoms with van der Waals surface area (Å²) >= 11 is 0. The highest BCUT2D eigenvalue weighted by Gasteiger charge is 2.38. The first-order valence-corrected chi connectivity index (χ1v) is 9.44. The lowest BCUT2D eigenvalue weighted by Crippen LogP contribution is -2.57. The van der Waals surface area contributed by atoms with Gasteiger partial charge in [0, 0.05) is 12.0 Å². The zero-order chi connectivity index (χ0) is 15.9. The molecule has 1 aliphatic heterocycles. The molecule has 1 amide bonds. The van der Waals surface area contributed by atoms with Crippen LogP contribution in [0.15, 0.2) is 0 Å². The number of hydrogen-bond acceptors (Lipinski definition) is 2. The molecule has 0 spiro atoms. The normalized spacial score (nSPS) is 34.7. The van der Waals surface area contributed by atoms with Gasteiger partial charge in [-0.3, -0.25) is 9.59 Å². The molecule has 1 heterocycles. The number of β-lactam (4-membered cyclic amide) rings is 1. The highest BCUT2D eigenvalue weighted by atomic mass is 16.2. The van der Waals surface area contributed by atoms with Crippen molar-refractivity contribution in [2.75, 3.05) is 0 Å². The lowest BCUT2D eigenvalue weighted by molar-refractivity contribution is -0.135. The number of Topliss-reactive ketones (excluding diaryl/α,β-unsaturated/α-hetero) is 1. The molecular weight excluding hydrogens is 274 g/mol. The predicted molar refractivity (Wildman–Crippen MR) is 89.5 cm³/mol. The first-order valence-electron chi connectivity index (χ1n) is 9.44. The van der Waals surface area contributed by atoms with E-state index in [1.54, 1.807) is 6.92 Å². The van der Waals surface area contributed by atoms with Crippen molar-refractivity contribution in [2.24, 2.45) is 17.8 Å². The highest BCUT2D eigenvalue weighted by Crippen LogP contribution is 2.31. The van der Waals surface area contributed by atoms with E-state index in [0.29, 0.717) is 35.5 Å². The number of hydrogen-bond donors (Lipinski definition) is 1. The fourth-order valence-electron chi connectivity index (χ4n) is 4.40. The van der Waals surface area contributed by atoms with Crippen LogP contribution in [0.25, 0.3) is 0 Å².